The molecule has 0 amide bonds. The van der Waals surface area contributed by atoms with Crippen LogP contribution in [-0.4, -0.2) is 29.9 Å². The van der Waals surface area contributed by atoms with E-state index in [2.05, 4.69) is 54.2 Å². The molecule has 10 nitrogen and oxygen atoms in total. The molecule has 38 heavy (non-hydrogen) atoms. The molecule has 1 aliphatic heterocycles. The van der Waals surface area contributed by atoms with Gasteiger partial charge in [-0.3, -0.25) is 5.41 Å². The van der Waals surface area contributed by atoms with Gasteiger partial charge in [0, 0.05) is 28.9 Å². The van der Waals surface area contributed by atoms with Crippen molar-refractivity contribution in [1.29, 1.82) is 5.41 Å². The van der Waals surface area contributed by atoms with Gasteiger partial charge in [0.2, 0.25) is 5.95 Å². The van der Waals surface area contributed by atoms with Gasteiger partial charge in [0.05, 0.1) is 22.0 Å². The molecule has 0 spiro atoms. The van der Waals surface area contributed by atoms with Gasteiger partial charge in [-0.25, -0.2) is 28.1 Å². The van der Waals surface area contributed by atoms with Crippen LogP contribution in [0.3, 0.4) is 0 Å². The second-order valence-electron chi connectivity index (χ2n) is 7.69. The average Bonchev–Trinajstić information content (AvgIpc) is 3.19. The van der Waals surface area contributed by atoms with Crippen molar-refractivity contribution >= 4 is 73.7 Å². The molecular formula is C23H21ClN8NiO2S3-. The van der Waals surface area contributed by atoms with Crippen LogP contribution in [0.15, 0.2) is 90.1 Å². The molecule has 0 radical (unpaired) electrons. The number of aryl methyl sites for hydroxylation is 2. The molecule has 201 valence electrons. The van der Waals surface area contributed by atoms with Gasteiger partial charge >= 0.3 is 24.8 Å². The molecule has 2 heterocycles. The topological polar surface area (TPSA) is 136 Å². The summed E-state index contributed by atoms with van der Waals surface area (Å²) >= 11 is 9.75. The monoisotopic (exact) mass is 630 g/mol. The number of benzene rings is 2. The maximum atomic E-state index is 12.7. The van der Waals surface area contributed by atoms with Gasteiger partial charge < -0.3 is 12.6 Å². The molecule has 0 fully saturated rings. The van der Waals surface area contributed by atoms with Crippen LogP contribution < -0.4 is 9.73 Å². The van der Waals surface area contributed by atoms with E-state index >= 15 is 0 Å². The Balaban J connectivity index is 0.00000195. The Morgan fingerprint density at radius 3 is 2.26 bits per heavy atom. The molecule has 0 aliphatic carbocycles. The van der Waals surface area contributed by atoms with Crippen molar-refractivity contribution in [3.05, 3.63) is 81.9 Å². The number of hydrazone groups is 1. The standard InChI is InChI=1S/C23H22N8O2S3.ClH.Ni/c1-14-13-15(2)26-23(25-14)29-36(32,33)19-11-9-17(10-12-19)27-30-35-22(34)20-16(3)28-31(21(20)24)18-7-5-4-6-8-18;;/h4-13,24,34H,1-3H3,(H,25,26,29);1H;/q;;+1/p-2/b22-20-,24-21?,30-27?;;. The van der Waals surface area contributed by atoms with E-state index in [4.69, 9.17) is 18.0 Å². The number of para-hydroxylation sites is 1. The summed E-state index contributed by atoms with van der Waals surface area (Å²) in [6.07, 6.45) is 0. The number of sulfonamides is 1. The van der Waals surface area contributed by atoms with Crippen molar-refractivity contribution in [2.75, 3.05) is 9.73 Å². The fourth-order valence-electron chi connectivity index (χ4n) is 3.32. The van der Waals surface area contributed by atoms with Crippen molar-refractivity contribution in [2.45, 2.75) is 25.7 Å². The van der Waals surface area contributed by atoms with E-state index in [0.29, 0.717) is 32.6 Å². The summed E-state index contributed by atoms with van der Waals surface area (Å²) in [6, 6.07) is 17.0. The van der Waals surface area contributed by atoms with E-state index in [1.165, 1.54) is 29.3 Å². The Morgan fingerprint density at radius 1 is 1.05 bits per heavy atom. The van der Waals surface area contributed by atoms with Crippen LogP contribution in [0.1, 0.15) is 18.3 Å². The molecular weight excluding hydrogens is 611 g/mol. The van der Waals surface area contributed by atoms with Crippen LogP contribution in [-0.2, 0) is 37.2 Å². The summed E-state index contributed by atoms with van der Waals surface area (Å²) in [5.74, 6) is 0.182. The molecule has 2 N–H and O–H groups in total. The normalized spacial score (nSPS) is 14.7. The second kappa shape index (κ2) is 13.3. The third kappa shape index (κ3) is 7.36. The second-order valence-corrected chi connectivity index (χ2v) is 10.8. The fraction of sp³-hybridized carbons (Fsp3) is 0.130. The molecule has 0 unspecified atom stereocenters. The molecule has 1 aromatic heterocycles. The van der Waals surface area contributed by atoms with E-state index in [1.54, 1.807) is 26.8 Å². The SMILES string of the molecule is CC1=NN(c2ccccc2)C(=N)/C1=C(/[S-])SN=Nc1ccc(S(=O)(=O)Nc2nc(C)cc(C)n2)cc1.[Cl][Ni]. The van der Waals surface area contributed by atoms with Crippen molar-refractivity contribution in [3.8, 4) is 0 Å². The van der Waals surface area contributed by atoms with Crippen molar-refractivity contribution < 1.29 is 23.0 Å². The third-order valence-electron chi connectivity index (χ3n) is 4.90. The van der Waals surface area contributed by atoms with Gasteiger partial charge in [-0.1, -0.05) is 18.2 Å². The fourth-order valence-corrected chi connectivity index (χ4v) is 5.15. The minimum absolute atomic E-state index is 0.0146. The first-order chi connectivity index (χ1) is 18.1. The van der Waals surface area contributed by atoms with Gasteiger partial charge in [0.1, 0.15) is 0 Å². The number of amidine groups is 1. The number of rotatable bonds is 7. The summed E-state index contributed by atoms with van der Waals surface area (Å²) < 4.78 is 32.1. The Labute approximate surface area is 242 Å². The first-order valence-electron chi connectivity index (χ1n) is 10.7. The molecule has 15 heteroatoms. The Kier molecular flexibility index (Phi) is 10.3. The van der Waals surface area contributed by atoms with E-state index in [0.717, 1.165) is 17.6 Å². The first kappa shape index (κ1) is 29.7. The predicted octanol–water partition coefficient (Wildman–Crippen LogP) is 5.95. The van der Waals surface area contributed by atoms with Gasteiger partial charge in [-0.2, -0.15) is 5.10 Å². The maximum absolute atomic E-state index is 12.7. The zero-order valence-electron chi connectivity index (χ0n) is 20.2. The zero-order chi connectivity index (χ0) is 27.9. The van der Waals surface area contributed by atoms with Gasteiger partial charge in [0.15, 0.2) is 5.84 Å². The van der Waals surface area contributed by atoms with Crippen molar-refractivity contribution in [3.63, 3.8) is 0 Å². The van der Waals surface area contributed by atoms with Crippen LogP contribution in [0, 0.1) is 19.3 Å². The van der Waals surface area contributed by atoms with Crippen LogP contribution in [0.5, 0.6) is 0 Å². The van der Waals surface area contributed by atoms with E-state index in [1.807, 2.05) is 30.3 Å². The van der Waals surface area contributed by atoms with Crippen LogP contribution in [0.4, 0.5) is 17.3 Å². The van der Waals surface area contributed by atoms with Gasteiger partial charge in [-0.05, 0) is 63.2 Å². The quantitative estimate of drug-likeness (QED) is 0.142. The molecule has 0 saturated carbocycles. The molecule has 2 aromatic carbocycles. The Bertz CT molecular complexity index is 1500. The number of nitrogens with zero attached hydrogens (tertiary/aromatic N) is 6. The van der Waals surface area contributed by atoms with Crippen molar-refractivity contribution in [1.82, 2.24) is 9.97 Å². The van der Waals surface area contributed by atoms with Crippen LogP contribution in [0.25, 0.3) is 0 Å². The van der Waals surface area contributed by atoms with Crippen LogP contribution in [0.2, 0.25) is 0 Å². The third-order valence-corrected chi connectivity index (χ3v) is 7.21. The Hall–Kier alpha value is -2.90. The number of nitrogens with one attached hydrogen (secondary N) is 2. The van der Waals surface area contributed by atoms with E-state index in [9.17, 15) is 8.42 Å². The number of hydrogen-bond donors (Lipinski definition) is 2. The first-order valence-corrected chi connectivity index (χ1v) is 14.7. The number of aromatic nitrogens is 2. The molecule has 0 saturated heterocycles. The molecule has 4 rings (SSSR count). The van der Waals surface area contributed by atoms with Gasteiger partial charge in [0.25, 0.3) is 10.0 Å². The van der Waals surface area contributed by atoms with E-state index < -0.39 is 10.0 Å². The summed E-state index contributed by atoms with van der Waals surface area (Å²) in [4.78, 5) is 8.25. The predicted molar refractivity (Wildman–Crippen MR) is 151 cm³/mol. The zero-order valence-corrected chi connectivity index (χ0v) is 24.4. The van der Waals surface area contributed by atoms with Crippen molar-refractivity contribution in [2.24, 2.45) is 14.7 Å². The summed E-state index contributed by atoms with van der Waals surface area (Å²) in [7, 11) is 0.397. The van der Waals surface area contributed by atoms with Gasteiger partial charge in [-0.15, -0.1) is 13.9 Å². The minimum atomic E-state index is -3.87. The number of hydrogen-bond acceptors (Lipinski definition) is 10. The molecule has 3 aromatic rings. The Morgan fingerprint density at radius 2 is 1.66 bits per heavy atom. The van der Waals surface area contributed by atoms with Crippen LogP contribution >= 0.6 is 22.1 Å². The molecule has 0 atom stereocenters. The average molecular weight is 632 g/mol. The number of anilines is 2. The van der Waals surface area contributed by atoms with E-state index in [-0.39, 0.29) is 16.7 Å². The number of halogens is 1. The summed E-state index contributed by atoms with van der Waals surface area (Å²) in [5.41, 5.74) is 3.65. The molecule has 1 aliphatic rings. The summed E-state index contributed by atoms with van der Waals surface area (Å²) in [5, 5.41) is 18.5. The molecule has 0 bridgehead atoms. The summed E-state index contributed by atoms with van der Waals surface area (Å²) in [6.45, 7) is 5.31.